The minimum absolute atomic E-state index is 0.242. The van der Waals surface area contributed by atoms with Gasteiger partial charge in [-0.05, 0) is 34.4 Å². The van der Waals surface area contributed by atoms with Crippen LogP contribution in [0.3, 0.4) is 0 Å². The van der Waals surface area contributed by atoms with Crippen LogP contribution in [0.15, 0.2) is 128 Å². The molecule has 0 saturated heterocycles. The van der Waals surface area contributed by atoms with Crippen molar-refractivity contribution in [2.24, 2.45) is 0 Å². The van der Waals surface area contributed by atoms with Gasteiger partial charge in [0.25, 0.3) is 0 Å². The molecule has 5 rings (SSSR count). The van der Waals surface area contributed by atoms with E-state index in [1.807, 2.05) is 115 Å². The fourth-order valence-corrected chi connectivity index (χ4v) is 5.49. The molecule has 0 amide bonds. The molecule has 1 aliphatic rings. The van der Waals surface area contributed by atoms with Gasteiger partial charge in [-0.2, -0.15) is 0 Å². The second kappa shape index (κ2) is 17.0. The van der Waals surface area contributed by atoms with E-state index in [1.165, 1.54) is 0 Å². The molecule has 7 heteroatoms. The average molecular weight is 611 g/mol. The highest BCUT2D eigenvalue weighted by molar-refractivity contribution is 5.27. The van der Waals surface area contributed by atoms with Gasteiger partial charge in [-0.1, -0.05) is 109 Å². The zero-order chi connectivity index (χ0) is 31.3. The van der Waals surface area contributed by atoms with Crippen molar-refractivity contribution in [1.29, 1.82) is 0 Å². The molecule has 1 aliphatic carbocycles. The molecule has 236 valence electrons. The van der Waals surface area contributed by atoms with Gasteiger partial charge in [0.15, 0.2) is 0 Å². The van der Waals surface area contributed by atoms with Gasteiger partial charge in [0.1, 0.15) is 42.4 Å². The number of rotatable bonds is 16. The third kappa shape index (κ3) is 9.11. The first kappa shape index (κ1) is 32.6. The standard InChI is InChI=1S/C38H42O7/c1-3-23-41-36-34(43-27-31-19-21-32(40-2)22-20-31)33(39)35(42-24-28-13-7-4-8-14-28)37(44-25-29-15-9-5-10-16-29)38(36)45-26-30-17-11-6-12-18-30/h3-22,33-39H,1,23-27H2,2H3/t33-,34+,35-,36-,37+,38+/m1/s1. The molecule has 0 unspecified atom stereocenters. The van der Waals surface area contributed by atoms with Gasteiger partial charge in [-0.15, -0.1) is 6.58 Å². The maximum absolute atomic E-state index is 12.0. The van der Waals surface area contributed by atoms with E-state index < -0.39 is 36.6 Å². The maximum atomic E-state index is 12.0. The van der Waals surface area contributed by atoms with E-state index in [4.69, 9.17) is 28.4 Å². The van der Waals surface area contributed by atoms with Gasteiger partial charge < -0.3 is 33.5 Å². The molecule has 0 aromatic heterocycles. The monoisotopic (exact) mass is 610 g/mol. The Morgan fingerprint density at radius 2 is 0.867 bits per heavy atom. The summed E-state index contributed by atoms with van der Waals surface area (Å²) >= 11 is 0. The van der Waals surface area contributed by atoms with E-state index in [0.717, 1.165) is 28.0 Å². The lowest BCUT2D eigenvalue weighted by Gasteiger charge is -2.48. The van der Waals surface area contributed by atoms with Crippen molar-refractivity contribution in [3.8, 4) is 5.75 Å². The van der Waals surface area contributed by atoms with Crippen LogP contribution in [0.1, 0.15) is 22.3 Å². The van der Waals surface area contributed by atoms with Crippen molar-refractivity contribution in [3.05, 3.63) is 150 Å². The summed E-state index contributed by atoms with van der Waals surface area (Å²) in [4.78, 5) is 0. The lowest BCUT2D eigenvalue weighted by atomic mass is 9.83. The predicted octanol–water partition coefficient (Wildman–Crippen LogP) is 6.28. The Morgan fingerprint density at radius 3 is 1.27 bits per heavy atom. The Morgan fingerprint density at radius 1 is 0.511 bits per heavy atom. The molecule has 1 fully saturated rings. The van der Waals surface area contributed by atoms with Gasteiger partial charge in [0, 0.05) is 0 Å². The zero-order valence-electron chi connectivity index (χ0n) is 25.7. The molecule has 0 aliphatic heterocycles. The largest absolute Gasteiger partial charge is 0.497 e. The molecular weight excluding hydrogens is 568 g/mol. The smallest absolute Gasteiger partial charge is 0.118 e. The highest BCUT2D eigenvalue weighted by atomic mass is 16.6. The molecule has 4 aromatic rings. The molecule has 1 N–H and O–H groups in total. The molecule has 6 atom stereocenters. The number of aliphatic hydroxyl groups is 1. The maximum Gasteiger partial charge on any atom is 0.118 e. The molecule has 4 aromatic carbocycles. The topological polar surface area (TPSA) is 75.6 Å². The van der Waals surface area contributed by atoms with Crippen molar-refractivity contribution in [3.63, 3.8) is 0 Å². The number of hydrogen-bond donors (Lipinski definition) is 1. The molecule has 0 heterocycles. The number of methoxy groups -OCH3 is 1. The second-order valence-corrected chi connectivity index (χ2v) is 11.0. The summed E-state index contributed by atoms with van der Waals surface area (Å²) in [5.41, 5.74) is 3.91. The van der Waals surface area contributed by atoms with Crippen LogP contribution in [-0.4, -0.2) is 55.4 Å². The number of benzene rings is 4. The molecule has 0 bridgehead atoms. The third-order valence-electron chi connectivity index (χ3n) is 7.83. The summed E-state index contributed by atoms with van der Waals surface area (Å²) in [6.07, 6.45) is -2.97. The number of aliphatic hydroxyl groups excluding tert-OH is 1. The van der Waals surface area contributed by atoms with Crippen LogP contribution >= 0.6 is 0 Å². The summed E-state index contributed by atoms with van der Waals surface area (Å²) < 4.78 is 37.9. The van der Waals surface area contributed by atoms with Crippen molar-refractivity contribution in [2.75, 3.05) is 13.7 Å². The van der Waals surface area contributed by atoms with Crippen LogP contribution in [0.25, 0.3) is 0 Å². The van der Waals surface area contributed by atoms with E-state index in [9.17, 15) is 5.11 Å². The second-order valence-electron chi connectivity index (χ2n) is 11.0. The first-order valence-corrected chi connectivity index (χ1v) is 15.3. The fourth-order valence-electron chi connectivity index (χ4n) is 5.49. The zero-order valence-corrected chi connectivity index (χ0v) is 25.7. The van der Waals surface area contributed by atoms with E-state index >= 15 is 0 Å². The normalized spacial score (nSPS) is 23.0. The highest BCUT2D eigenvalue weighted by Crippen LogP contribution is 2.34. The van der Waals surface area contributed by atoms with E-state index in [2.05, 4.69) is 6.58 Å². The fraction of sp³-hybridized carbons (Fsp3) is 0.316. The first-order chi connectivity index (χ1) is 22.2. The molecule has 1 saturated carbocycles. The van der Waals surface area contributed by atoms with Gasteiger partial charge in [0.05, 0.1) is 40.1 Å². The quantitative estimate of drug-likeness (QED) is 0.150. The molecule has 0 spiro atoms. The number of ether oxygens (including phenoxy) is 6. The molecule has 7 nitrogen and oxygen atoms in total. The molecule has 0 radical (unpaired) electrons. The van der Waals surface area contributed by atoms with Crippen LogP contribution in [0.5, 0.6) is 5.75 Å². The average Bonchev–Trinajstić information content (AvgIpc) is 3.10. The first-order valence-electron chi connectivity index (χ1n) is 15.3. The van der Waals surface area contributed by atoms with E-state index in [-0.39, 0.29) is 19.8 Å². The summed E-state index contributed by atoms with van der Waals surface area (Å²) in [7, 11) is 1.63. The molecular formula is C38H42O7. The van der Waals surface area contributed by atoms with Crippen molar-refractivity contribution >= 4 is 0 Å². The minimum atomic E-state index is -1.08. The van der Waals surface area contributed by atoms with E-state index in [0.29, 0.717) is 13.2 Å². The Hall–Kier alpha value is -3.82. The third-order valence-corrected chi connectivity index (χ3v) is 7.83. The van der Waals surface area contributed by atoms with Crippen LogP contribution in [-0.2, 0) is 50.1 Å². The SMILES string of the molecule is C=CCO[C@H]1[C@H](OCc2ccccc2)[C@@H](OCc2ccccc2)[C@H](OCc2ccccc2)[C@H](O)[C@@H]1OCc1ccc(OC)cc1. The van der Waals surface area contributed by atoms with Crippen LogP contribution < -0.4 is 4.74 Å². The Labute approximate surface area is 265 Å². The van der Waals surface area contributed by atoms with Crippen molar-refractivity contribution < 1.29 is 33.5 Å². The minimum Gasteiger partial charge on any atom is -0.497 e. The lowest BCUT2D eigenvalue weighted by molar-refractivity contribution is -0.279. The van der Waals surface area contributed by atoms with Crippen LogP contribution in [0, 0.1) is 0 Å². The highest BCUT2D eigenvalue weighted by Gasteiger charge is 2.54. The van der Waals surface area contributed by atoms with E-state index in [1.54, 1.807) is 13.2 Å². The number of hydrogen-bond acceptors (Lipinski definition) is 7. The Bertz CT molecular complexity index is 1400. The molecule has 45 heavy (non-hydrogen) atoms. The Kier molecular flexibility index (Phi) is 12.3. The van der Waals surface area contributed by atoms with Gasteiger partial charge in [-0.25, -0.2) is 0 Å². The van der Waals surface area contributed by atoms with Crippen molar-refractivity contribution in [2.45, 2.75) is 63.1 Å². The Balaban J connectivity index is 1.47. The van der Waals surface area contributed by atoms with Crippen LogP contribution in [0.4, 0.5) is 0 Å². The summed E-state index contributed by atoms with van der Waals surface area (Å²) in [6.45, 7) is 5.24. The van der Waals surface area contributed by atoms with Crippen molar-refractivity contribution in [1.82, 2.24) is 0 Å². The van der Waals surface area contributed by atoms with Gasteiger partial charge in [0.2, 0.25) is 0 Å². The van der Waals surface area contributed by atoms with Crippen LogP contribution in [0.2, 0.25) is 0 Å². The lowest BCUT2D eigenvalue weighted by Crippen LogP contribution is -2.66. The summed E-state index contributed by atoms with van der Waals surface area (Å²) in [6, 6.07) is 37.4. The van der Waals surface area contributed by atoms with Gasteiger partial charge >= 0.3 is 0 Å². The summed E-state index contributed by atoms with van der Waals surface area (Å²) in [5, 5.41) is 12.0. The predicted molar refractivity (Wildman–Crippen MR) is 173 cm³/mol. The summed E-state index contributed by atoms with van der Waals surface area (Å²) in [5.74, 6) is 0.755. The van der Waals surface area contributed by atoms with Gasteiger partial charge in [-0.3, -0.25) is 0 Å².